The van der Waals surface area contributed by atoms with E-state index in [2.05, 4.69) is 22.3 Å². The first-order valence-electron chi connectivity index (χ1n) is 10.7. The number of piperidine rings is 1. The van der Waals surface area contributed by atoms with Gasteiger partial charge in [0.1, 0.15) is 17.3 Å². The molecule has 2 aromatic carbocycles. The van der Waals surface area contributed by atoms with Crippen molar-refractivity contribution in [3.63, 3.8) is 0 Å². The molecule has 6 nitrogen and oxygen atoms in total. The van der Waals surface area contributed by atoms with Gasteiger partial charge < -0.3 is 13.8 Å². The number of carbonyl (C=O) groups is 1. The second kappa shape index (κ2) is 8.78. The Kier molecular flexibility index (Phi) is 5.54. The molecule has 0 N–H and O–H groups in total. The molecule has 0 unspecified atom stereocenters. The average molecular weight is 431 g/mol. The van der Waals surface area contributed by atoms with Crippen molar-refractivity contribution in [2.75, 3.05) is 13.1 Å². The molecule has 7 heteroatoms. The van der Waals surface area contributed by atoms with Crippen LogP contribution in [0.2, 0.25) is 0 Å². The zero-order valence-electron chi connectivity index (χ0n) is 17.4. The van der Waals surface area contributed by atoms with E-state index in [1.54, 1.807) is 29.3 Å². The number of oxazole rings is 1. The molecule has 5 rings (SSSR count). The first kappa shape index (κ1) is 20.2. The maximum absolute atomic E-state index is 14.0. The number of likely N-dealkylation sites (tertiary alicyclic amines) is 1. The summed E-state index contributed by atoms with van der Waals surface area (Å²) in [6, 6.07) is 17.9. The van der Waals surface area contributed by atoms with Crippen LogP contribution in [0.25, 0.3) is 11.3 Å². The van der Waals surface area contributed by atoms with Crippen LogP contribution in [0, 0.1) is 5.82 Å². The van der Waals surface area contributed by atoms with Crippen molar-refractivity contribution in [3.05, 3.63) is 95.7 Å². The van der Waals surface area contributed by atoms with Gasteiger partial charge in [0.2, 0.25) is 5.76 Å². The third-order valence-electron chi connectivity index (χ3n) is 5.72. The van der Waals surface area contributed by atoms with Gasteiger partial charge in [-0.15, -0.1) is 0 Å². The van der Waals surface area contributed by atoms with Crippen LogP contribution >= 0.6 is 0 Å². The summed E-state index contributed by atoms with van der Waals surface area (Å²) in [6.45, 7) is 1.10. The molecule has 1 aliphatic rings. The quantitative estimate of drug-likeness (QED) is 0.441. The number of halogens is 1. The van der Waals surface area contributed by atoms with Crippen molar-refractivity contribution in [1.29, 1.82) is 0 Å². The largest absolute Gasteiger partial charge is 0.445 e. The van der Waals surface area contributed by atoms with Gasteiger partial charge in [-0.05, 0) is 30.5 Å². The lowest BCUT2D eigenvalue weighted by atomic mass is 9.97. The standard InChI is InChI=1S/C25H22FN3O3/c26-21-11-5-4-10-20(21)22-14-23(32-28-22)25(30)29-12-6-9-18(16-29)24-27-15-19(31-24)13-17-7-2-1-3-8-17/h1-5,7-8,10-11,14-15,18H,6,9,12-13,16H2/t18-/m0/s1. The van der Waals surface area contributed by atoms with Gasteiger partial charge in [-0.3, -0.25) is 4.79 Å². The Hall–Kier alpha value is -3.74. The molecule has 1 atom stereocenters. The van der Waals surface area contributed by atoms with E-state index in [4.69, 9.17) is 8.94 Å². The molecule has 0 bridgehead atoms. The number of benzene rings is 2. The van der Waals surface area contributed by atoms with Gasteiger partial charge in [-0.1, -0.05) is 47.6 Å². The summed E-state index contributed by atoms with van der Waals surface area (Å²) in [7, 11) is 0. The first-order valence-corrected chi connectivity index (χ1v) is 10.7. The highest BCUT2D eigenvalue weighted by Crippen LogP contribution is 2.29. The summed E-state index contributed by atoms with van der Waals surface area (Å²) >= 11 is 0. The van der Waals surface area contributed by atoms with Crippen molar-refractivity contribution < 1.29 is 18.1 Å². The van der Waals surface area contributed by atoms with Crippen molar-refractivity contribution >= 4 is 5.91 Å². The van der Waals surface area contributed by atoms with Gasteiger partial charge >= 0.3 is 0 Å². The predicted molar refractivity (Wildman–Crippen MR) is 116 cm³/mol. The summed E-state index contributed by atoms with van der Waals surface area (Å²) in [5.41, 5.74) is 1.77. The molecule has 3 heterocycles. The summed E-state index contributed by atoms with van der Waals surface area (Å²) in [6.07, 6.45) is 4.17. The third-order valence-corrected chi connectivity index (χ3v) is 5.72. The van der Waals surface area contributed by atoms with Crippen LogP contribution in [0.3, 0.4) is 0 Å². The Morgan fingerprint density at radius 3 is 2.78 bits per heavy atom. The molecule has 1 saturated heterocycles. The molecule has 0 saturated carbocycles. The fourth-order valence-electron chi connectivity index (χ4n) is 4.08. The zero-order chi connectivity index (χ0) is 21.9. The Morgan fingerprint density at radius 1 is 1.12 bits per heavy atom. The van der Waals surface area contributed by atoms with Crippen LogP contribution in [0.4, 0.5) is 4.39 Å². The molecule has 1 amide bonds. The van der Waals surface area contributed by atoms with Gasteiger partial charge in [0.25, 0.3) is 5.91 Å². The highest BCUT2D eigenvalue weighted by molar-refractivity contribution is 5.92. The van der Waals surface area contributed by atoms with Gasteiger partial charge in [-0.25, -0.2) is 9.37 Å². The Morgan fingerprint density at radius 2 is 1.94 bits per heavy atom. The molecule has 0 radical (unpaired) electrons. The van der Waals surface area contributed by atoms with Gasteiger partial charge in [0.15, 0.2) is 5.89 Å². The highest BCUT2D eigenvalue weighted by Gasteiger charge is 2.30. The van der Waals surface area contributed by atoms with E-state index >= 15 is 0 Å². The van der Waals surface area contributed by atoms with E-state index in [1.165, 1.54) is 12.1 Å². The number of carbonyl (C=O) groups excluding carboxylic acids is 1. The Bertz CT molecular complexity index is 1220. The van der Waals surface area contributed by atoms with Crippen molar-refractivity contribution in [2.45, 2.75) is 25.2 Å². The van der Waals surface area contributed by atoms with E-state index in [9.17, 15) is 9.18 Å². The van der Waals surface area contributed by atoms with E-state index in [0.29, 0.717) is 36.7 Å². The Labute approximate surface area is 184 Å². The van der Waals surface area contributed by atoms with Crippen molar-refractivity contribution in [2.24, 2.45) is 0 Å². The van der Waals surface area contributed by atoms with Crippen LogP contribution in [-0.4, -0.2) is 34.0 Å². The number of hydrogen-bond donors (Lipinski definition) is 0. The number of amides is 1. The van der Waals surface area contributed by atoms with E-state index < -0.39 is 5.82 Å². The lowest BCUT2D eigenvalue weighted by molar-refractivity contribution is 0.0656. The molecule has 162 valence electrons. The average Bonchev–Trinajstić information content (AvgIpc) is 3.50. The fraction of sp³-hybridized carbons (Fsp3) is 0.240. The minimum Gasteiger partial charge on any atom is -0.445 e. The van der Waals surface area contributed by atoms with Crippen LogP contribution in [-0.2, 0) is 6.42 Å². The minimum atomic E-state index is -0.409. The molecule has 2 aromatic heterocycles. The van der Waals surface area contributed by atoms with Gasteiger partial charge in [0.05, 0.1) is 12.1 Å². The lowest BCUT2D eigenvalue weighted by Crippen LogP contribution is -2.39. The van der Waals surface area contributed by atoms with Crippen molar-refractivity contribution in [1.82, 2.24) is 15.0 Å². The smallest absolute Gasteiger partial charge is 0.292 e. The fourth-order valence-corrected chi connectivity index (χ4v) is 4.08. The zero-order valence-corrected chi connectivity index (χ0v) is 17.4. The maximum Gasteiger partial charge on any atom is 0.292 e. The van der Waals surface area contributed by atoms with Crippen molar-refractivity contribution in [3.8, 4) is 11.3 Å². The topological polar surface area (TPSA) is 72.4 Å². The molecular weight excluding hydrogens is 409 g/mol. The highest BCUT2D eigenvalue weighted by atomic mass is 19.1. The molecule has 0 spiro atoms. The van der Waals surface area contributed by atoms with Gasteiger partial charge in [0, 0.05) is 31.1 Å². The van der Waals surface area contributed by atoms with E-state index in [0.717, 1.165) is 24.2 Å². The van der Waals surface area contributed by atoms with Crippen LogP contribution in [0.15, 0.2) is 75.8 Å². The number of aromatic nitrogens is 2. The Balaban J connectivity index is 1.27. The second-order valence-corrected chi connectivity index (χ2v) is 7.97. The summed E-state index contributed by atoms with van der Waals surface area (Å²) < 4.78 is 25.3. The lowest BCUT2D eigenvalue weighted by Gasteiger charge is -2.30. The molecular formula is C25H22FN3O3. The monoisotopic (exact) mass is 431 g/mol. The molecule has 32 heavy (non-hydrogen) atoms. The van der Waals surface area contributed by atoms with E-state index in [-0.39, 0.29) is 17.6 Å². The molecule has 1 fully saturated rings. The SMILES string of the molecule is O=C(c1cc(-c2ccccc2F)no1)N1CCC[C@H](c2ncc(Cc3ccccc3)o2)C1. The summed E-state index contributed by atoms with van der Waals surface area (Å²) in [5.74, 6) is 0.901. The first-order chi connectivity index (χ1) is 15.7. The summed E-state index contributed by atoms with van der Waals surface area (Å²) in [5, 5.41) is 3.89. The molecule has 4 aromatic rings. The second-order valence-electron chi connectivity index (χ2n) is 7.97. The maximum atomic E-state index is 14.0. The third kappa shape index (κ3) is 4.19. The van der Waals surface area contributed by atoms with Gasteiger partial charge in [-0.2, -0.15) is 0 Å². The summed E-state index contributed by atoms with van der Waals surface area (Å²) in [4.78, 5) is 19.2. The van der Waals surface area contributed by atoms with E-state index in [1.807, 2.05) is 18.2 Å². The number of rotatable bonds is 5. The molecule has 1 aliphatic heterocycles. The van der Waals surface area contributed by atoms with Crippen LogP contribution < -0.4 is 0 Å². The predicted octanol–water partition coefficient (Wildman–Crippen LogP) is 5.08. The normalized spacial score (nSPS) is 16.3. The number of hydrogen-bond acceptors (Lipinski definition) is 5. The minimum absolute atomic E-state index is 0.0196. The van der Waals surface area contributed by atoms with Crippen LogP contribution in [0.5, 0.6) is 0 Å². The van der Waals surface area contributed by atoms with Crippen LogP contribution in [0.1, 0.15) is 46.5 Å². The number of nitrogens with zero attached hydrogens (tertiary/aromatic N) is 3. The molecule has 0 aliphatic carbocycles.